The number of nitriles is 1. The highest BCUT2D eigenvalue weighted by Gasteiger charge is 2.16. The maximum atomic E-state index is 9.47. The zero-order chi connectivity index (χ0) is 15.4. The molecule has 0 aliphatic carbocycles. The van der Waals surface area contributed by atoms with Gasteiger partial charge in [-0.1, -0.05) is 13.8 Å². The van der Waals surface area contributed by atoms with Crippen molar-refractivity contribution >= 4 is 11.8 Å². The summed E-state index contributed by atoms with van der Waals surface area (Å²) >= 11 is 1.30. The minimum absolute atomic E-state index is 0.580. The van der Waals surface area contributed by atoms with Gasteiger partial charge in [0, 0.05) is 11.4 Å². The maximum absolute atomic E-state index is 9.47. The van der Waals surface area contributed by atoms with Crippen molar-refractivity contribution in [2.75, 3.05) is 0 Å². The van der Waals surface area contributed by atoms with Crippen LogP contribution in [0.2, 0.25) is 0 Å². The van der Waals surface area contributed by atoms with Crippen LogP contribution in [0.25, 0.3) is 0 Å². The van der Waals surface area contributed by atoms with Gasteiger partial charge in [-0.15, -0.1) is 5.10 Å². The van der Waals surface area contributed by atoms with E-state index in [1.807, 2.05) is 33.8 Å². The summed E-state index contributed by atoms with van der Waals surface area (Å²) < 4.78 is 0. The highest BCUT2D eigenvalue weighted by atomic mass is 32.2. The fourth-order valence-electron chi connectivity index (χ4n) is 2.17. The summed E-state index contributed by atoms with van der Waals surface area (Å²) in [5.74, 6) is 0. The zero-order valence-corrected chi connectivity index (χ0v) is 13.5. The second-order valence-corrected chi connectivity index (χ2v) is 5.62. The molecule has 0 atom stereocenters. The summed E-state index contributed by atoms with van der Waals surface area (Å²) in [5, 5.41) is 19.1. The van der Waals surface area contributed by atoms with Crippen molar-refractivity contribution < 1.29 is 0 Å². The van der Waals surface area contributed by atoms with Gasteiger partial charge >= 0.3 is 0 Å². The molecule has 0 fully saturated rings. The minimum atomic E-state index is 0.580. The predicted octanol–water partition coefficient (Wildman–Crippen LogP) is 3.03. The smallest absolute Gasteiger partial charge is 0.194 e. The zero-order valence-electron chi connectivity index (χ0n) is 12.6. The van der Waals surface area contributed by atoms with Crippen LogP contribution < -0.4 is 0 Å². The van der Waals surface area contributed by atoms with Crippen molar-refractivity contribution in [2.24, 2.45) is 0 Å². The largest absolute Gasteiger partial charge is 0.228 e. The number of aryl methyl sites for hydroxylation is 3. The van der Waals surface area contributed by atoms with Gasteiger partial charge in [-0.25, -0.2) is 9.97 Å². The Balaban J connectivity index is 2.47. The molecule has 0 aromatic carbocycles. The SMILES string of the molecule is CCc1nnc(Sc2nc(C)cc(C)n2)c(C#N)c1CC. The van der Waals surface area contributed by atoms with Crippen molar-refractivity contribution in [1.82, 2.24) is 20.2 Å². The molecular weight excluding hydrogens is 282 g/mol. The van der Waals surface area contributed by atoms with Crippen LogP contribution in [0.4, 0.5) is 0 Å². The lowest BCUT2D eigenvalue weighted by molar-refractivity contribution is 0.812. The molecule has 0 bridgehead atoms. The third kappa shape index (κ3) is 3.37. The summed E-state index contributed by atoms with van der Waals surface area (Å²) in [6, 6.07) is 4.18. The van der Waals surface area contributed by atoms with Crippen LogP contribution in [0.5, 0.6) is 0 Å². The quantitative estimate of drug-likeness (QED) is 0.808. The van der Waals surface area contributed by atoms with Crippen molar-refractivity contribution in [3.05, 3.63) is 34.3 Å². The van der Waals surface area contributed by atoms with E-state index < -0.39 is 0 Å². The van der Waals surface area contributed by atoms with E-state index in [1.54, 1.807) is 0 Å². The van der Waals surface area contributed by atoms with Gasteiger partial charge in [-0.3, -0.25) is 0 Å². The molecule has 6 heteroatoms. The van der Waals surface area contributed by atoms with E-state index >= 15 is 0 Å². The van der Waals surface area contributed by atoms with E-state index in [0.717, 1.165) is 35.5 Å². The Kier molecular flexibility index (Phi) is 4.86. The van der Waals surface area contributed by atoms with Crippen molar-refractivity contribution in [2.45, 2.75) is 50.7 Å². The van der Waals surface area contributed by atoms with Crippen LogP contribution in [0.1, 0.15) is 42.1 Å². The molecule has 2 aromatic rings. The second kappa shape index (κ2) is 6.64. The molecule has 0 aliphatic heterocycles. The Morgan fingerprint density at radius 3 is 2.29 bits per heavy atom. The second-order valence-electron chi connectivity index (χ2n) is 4.66. The maximum Gasteiger partial charge on any atom is 0.194 e. The van der Waals surface area contributed by atoms with Gasteiger partial charge in [-0.2, -0.15) is 10.4 Å². The summed E-state index contributed by atoms with van der Waals surface area (Å²) in [6.45, 7) is 7.89. The van der Waals surface area contributed by atoms with Crippen LogP contribution >= 0.6 is 11.8 Å². The van der Waals surface area contributed by atoms with Gasteiger partial charge in [0.1, 0.15) is 11.1 Å². The number of hydrogen-bond acceptors (Lipinski definition) is 6. The molecule has 2 rings (SSSR count). The van der Waals surface area contributed by atoms with Crippen LogP contribution in [0, 0.1) is 25.2 Å². The molecule has 0 spiro atoms. The van der Waals surface area contributed by atoms with E-state index in [4.69, 9.17) is 0 Å². The molecule has 5 nitrogen and oxygen atoms in total. The Morgan fingerprint density at radius 1 is 1.10 bits per heavy atom. The lowest BCUT2D eigenvalue weighted by Crippen LogP contribution is -2.05. The van der Waals surface area contributed by atoms with Gasteiger partial charge in [0.15, 0.2) is 5.16 Å². The van der Waals surface area contributed by atoms with E-state index in [9.17, 15) is 5.26 Å². The minimum Gasteiger partial charge on any atom is -0.228 e. The molecule has 0 aliphatic rings. The van der Waals surface area contributed by atoms with Crippen molar-refractivity contribution in [3.63, 3.8) is 0 Å². The summed E-state index contributed by atoms with van der Waals surface area (Å²) in [6.07, 6.45) is 1.54. The molecule has 0 saturated heterocycles. The first-order valence-electron chi connectivity index (χ1n) is 6.87. The molecule has 108 valence electrons. The van der Waals surface area contributed by atoms with Gasteiger partial charge in [0.05, 0.1) is 11.3 Å². The average molecular weight is 299 g/mol. The average Bonchev–Trinajstić information content (AvgIpc) is 2.45. The summed E-state index contributed by atoms with van der Waals surface area (Å²) in [4.78, 5) is 8.75. The van der Waals surface area contributed by atoms with Crippen molar-refractivity contribution in [1.29, 1.82) is 5.26 Å². The molecule has 0 N–H and O–H groups in total. The highest BCUT2D eigenvalue weighted by molar-refractivity contribution is 7.99. The topological polar surface area (TPSA) is 75.3 Å². The normalized spacial score (nSPS) is 10.4. The van der Waals surface area contributed by atoms with Crippen LogP contribution in [0.15, 0.2) is 16.2 Å². The predicted molar refractivity (Wildman–Crippen MR) is 81.1 cm³/mol. The number of aromatic nitrogens is 4. The van der Waals surface area contributed by atoms with Gasteiger partial charge < -0.3 is 0 Å². The lowest BCUT2D eigenvalue weighted by atomic mass is 10.1. The third-order valence-corrected chi connectivity index (χ3v) is 3.92. The monoisotopic (exact) mass is 299 g/mol. The molecule has 0 unspecified atom stereocenters. The van der Waals surface area contributed by atoms with Crippen LogP contribution in [-0.4, -0.2) is 20.2 Å². The highest BCUT2D eigenvalue weighted by Crippen LogP contribution is 2.28. The molecule has 0 radical (unpaired) electrons. The standard InChI is InChI=1S/C15H17N5S/c1-5-11-12(8-16)14(20-19-13(11)6-2)21-15-17-9(3)7-10(4)18-15/h7H,5-6H2,1-4H3. The Labute approximate surface area is 128 Å². The fourth-order valence-corrected chi connectivity index (χ4v) is 3.07. The lowest BCUT2D eigenvalue weighted by Gasteiger charge is -2.09. The first kappa shape index (κ1) is 15.4. The van der Waals surface area contributed by atoms with E-state index in [-0.39, 0.29) is 0 Å². The van der Waals surface area contributed by atoms with E-state index in [2.05, 4.69) is 26.2 Å². The summed E-state index contributed by atoms with van der Waals surface area (Å²) in [7, 11) is 0. The van der Waals surface area contributed by atoms with Crippen LogP contribution in [-0.2, 0) is 12.8 Å². The number of rotatable bonds is 4. The Bertz CT molecular complexity index is 686. The van der Waals surface area contributed by atoms with E-state index in [0.29, 0.717) is 15.7 Å². The van der Waals surface area contributed by atoms with Gasteiger partial charge in [0.2, 0.25) is 0 Å². The fraction of sp³-hybridized carbons (Fsp3) is 0.400. The van der Waals surface area contributed by atoms with Gasteiger partial charge in [0.25, 0.3) is 0 Å². The van der Waals surface area contributed by atoms with Gasteiger partial charge in [-0.05, 0) is 50.1 Å². The van der Waals surface area contributed by atoms with E-state index in [1.165, 1.54) is 11.8 Å². The molecule has 2 heterocycles. The number of hydrogen-bond donors (Lipinski definition) is 0. The Morgan fingerprint density at radius 2 is 1.76 bits per heavy atom. The third-order valence-electron chi connectivity index (χ3n) is 3.08. The van der Waals surface area contributed by atoms with Crippen LogP contribution in [0.3, 0.4) is 0 Å². The number of nitrogens with zero attached hydrogens (tertiary/aromatic N) is 5. The van der Waals surface area contributed by atoms with Crippen molar-refractivity contribution in [3.8, 4) is 6.07 Å². The molecular formula is C15H17N5S. The molecule has 2 aromatic heterocycles. The molecule has 0 amide bonds. The molecule has 0 saturated carbocycles. The Hall–Kier alpha value is -2.00. The first-order chi connectivity index (χ1) is 10.1. The summed E-state index contributed by atoms with van der Waals surface area (Å²) in [5.41, 5.74) is 4.26. The first-order valence-corrected chi connectivity index (χ1v) is 7.69. The molecule has 21 heavy (non-hydrogen) atoms.